The number of fused-ring (bicyclic) bond motifs is 1. The first-order valence-electron chi connectivity index (χ1n) is 7.52. The first-order valence-corrected chi connectivity index (χ1v) is 7.90. The number of hydrazone groups is 1. The van der Waals surface area contributed by atoms with Crippen molar-refractivity contribution in [2.75, 3.05) is 11.9 Å². The van der Waals surface area contributed by atoms with E-state index in [1.807, 2.05) is 60.7 Å². The predicted octanol–water partition coefficient (Wildman–Crippen LogP) is 4.06. The monoisotopic (exact) mass is 337 g/mol. The van der Waals surface area contributed by atoms with Crippen molar-refractivity contribution in [3.63, 3.8) is 0 Å². The summed E-state index contributed by atoms with van der Waals surface area (Å²) in [4.78, 5) is 11.9. The van der Waals surface area contributed by atoms with Crippen LogP contribution in [0, 0.1) is 0 Å². The quantitative estimate of drug-likeness (QED) is 0.545. The number of halogens is 1. The molecule has 0 bridgehead atoms. The van der Waals surface area contributed by atoms with Crippen LogP contribution in [0.15, 0.2) is 71.8 Å². The number of hydrogen-bond donors (Lipinski definition) is 2. The number of anilines is 1. The second-order valence-corrected chi connectivity index (χ2v) is 5.60. The lowest BCUT2D eigenvalue weighted by molar-refractivity contribution is -0.119. The Morgan fingerprint density at radius 1 is 1.00 bits per heavy atom. The van der Waals surface area contributed by atoms with E-state index in [-0.39, 0.29) is 12.5 Å². The standard InChI is InChI=1S/C19H16ClN3O/c20-17-10-3-4-11-18(17)21-13-19(24)23-22-12-15-8-5-7-14-6-1-2-9-16(14)15/h1-12,21H,13H2,(H,23,24)/b22-12-. The summed E-state index contributed by atoms with van der Waals surface area (Å²) in [5.41, 5.74) is 4.18. The van der Waals surface area contributed by atoms with E-state index >= 15 is 0 Å². The molecule has 0 aliphatic rings. The molecular formula is C19H16ClN3O. The molecule has 0 saturated carbocycles. The molecule has 120 valence electrons. The van der Waals surface area contributed by atoms with Crippen LogP contribution >= 0.6 is 11.6 Å². The van der Waals surface area contributed by atoms with Gasteiger partial charge in [0.2, 0.25) is 0 Å². The van der Waals surface area contributed by atoms with Crippen molar-refractivity contribution in [2.24, 2.45) is 5.10 Å². The first-order chi connectivity index (χ1) is 11.7. The summed E-state index contributed by atoms with van der Waals surface area (Å²) in [6.45, 7) is 0.0939. The van der Waals surface area contributed by atoms with E-state index in [1.165, 1.54) is 0 Å². The average Bonchev–Trinajstić information content (AvgIpc) is 2.61. The summed E-state index contributed by atoms with van der Waals surface area (Å²) in [7, 11) is 0. The number of amides is 1. The van der Waals surface area contributed by atoms with E-state index in [1.54, 1.807) is 12.3 Å². The lowest BCUT2D eigenvalue weighted by atomic mass is 10.1. The van der Waals surface area contributed by atoms with Crippen LogP contribution in [0.4, 0.5) is 5.69 Å². The van der Waals surface area contributed by atoms with E-state index in [4.69, 9.17) is 11.6 Å². The Kier molecular flexibility index (Phi) is 5.08. The van der Waals surface area contributed by atoms with E-state index < -0.39 is 0 Å². The highest BCUT2D eigenvalue weighted by molar-refractivity contribution is 6.33. The molecule has 0 heterocycles. The van der Waals surface area contributed by atoms with Crippen molar-refractivity contribution in [3.8, 4) is 0 Å². The van der Waals surface area contributed by atoms with Crippen molar-refractivity contribution in [2.45, 2.75) is 0 Å². The number of hydrogen-bond acceptors (Lipinski definition) is 3. The molecule has 0 atom stereocenters. The number of benzene rings is 3. The van der Waals surface area contributed by atoms with Gasteiger partial charge in [-0.15, -0.1) is 0 Å². The van der Waals surface area contributed by atoms with Gasteiger partial charge in [-0.3, -0.25) is 4.79 Å². The Morgan fingerprint density at radius 3 is 2.62 bits per heavy atom. The first kappa shape index (κ1) is 16.0. The maximum absolute atomic E-state index is 11.9. The average molecular weight is 338 g/mol. The molecule has 1 amide bonds. The molecule has 0 aromatic heterocycles. The molecule has 0 spiro atoms. The molecule has 0 saturated heterocycles. The summed E-state index contributed by atoms with van der Waals surface area (Å²) in [6.07, 6.45) is 1.65. The smallest absolute Gasteiger partial charge is 0.259 e. The Labute approximate surface area is 145 Å². The van der Waals surface area contributed by atoms with Crippen LogP contribution in [0.25, 0.3) is 10.8 Å². The zero-order valence-electron chi connectivity index (χ0n) is 12.9. The highest BCUT2D eigenvalue weighted by Gasteiger charge is 2.02. The van der Waals surface area contributed by atoms with Crippen LogP contribution in [0.1, 0.15) is 5.56 Å². The van der Waals surface area contributed by atoms with E-state index in [0.29, 0.717) is 10.7 Å². The largest absolute Gasteiger partial charge is 0.375 e. The maximum atomic E-state index is 11.9. The van der Waals surface area contributed by atoms with Gasteiger partial charge in [0.15, 0.2) is 0 Å². The van der Waals surface area contributed by atoms with Gasteiger partial charge in [-0.25, -0.2) is 5.43 Å². The minimum absolute atomic E-state index is 0.0939. The molecule has 4 nitrogen and oxygen atoms in total. The van der Waals surface area contributed by atoms with Crippen LogP contribution in [0.2, 0.25) is 5.02 Å². The Bertz CT molecular complexity index is 887. The van der Waals surface area contributed by atoms with Crippen molar-refractivity contribution in [1.82, 2.24) is 5.43 Å². The minimum atomic E-state index is -0.244. The second-order valence-electron chi connectivity index (χ2n) is 5.19. The van der Waals surface area contributed by atoms with Crippen LogP contribution < -0.4 is 10.7 Å². The van der Waals surface area contributed by atoms with Gasteiger partial charge in [0.1, 0.15) is 0 Å². The van der Waals surface area contributed by atoms with Crippen LogP contribution in [-0.2, 0) is 4.79 Å². The highest BCUT2D eigenvalue weighted by Crippen LogP contribution is 2.20. The number of nitrogens with zero attached hydrogens (tertiary/aromatic N) is 1. The molecule has 3 aromatic carbocycles. The number of para-hydroxylation sites is 1. The molecule has 3 rings (SSSR count). The van der Waals surface area contributed by atoms with E-state index in [2.05, 4.69) is 15.8 Å². The Balaban J connectivity index is 1.59. The summed E-state index contributed by atoms with van der Waals surface area (Å²) in [6, 6.07) is 21.3. The molecule has 0 aliphatic heterocycles. The van der Waals surface area contributed by atoms with Gasteiger partial charge in [-0.1, -0.05) is 66.2 Å². The predicted molar refractivity (Wildman–Crippen MR) is 99.6 cm³/mol. The molecule has 2 N–H and O–H groups in total. The molecule has 0 fully saturated rings. The minimum Gasteiger partial charge on any atom is -0.375 e. The second kappa shape index (κ2) is 7.62. The topological polar surface area (TPSA) is 53.5 Å². The molecular weight excluding hydrogens is 322 g/mol. The summed E-state index contributed by atoms with van der Waals surface area (Å²) >= 11 is 6.02. The fourth-order valence-corrected chi connectivity index (χ4v) is 2.56. The fourth-order valence-electron chi connectivity index (χ4n) is 2.36. The third kappa shape index (κ3) is 3.91. The molecule has 3 aromatic rings. The summed E-state index contributed by atoms with van der Waals surface area (Å²) in [5, 5.41) is 9.80. The van der Waals surface area contributed by atoms with E-state index in [9.17, 15) is 4.79 Å². The fraction of sp³-hybridized carbons (Fsp3) is 0.0526. The third-order valence-electron chi connectivity index (χ3n) is 3.53. The van der Waals surface area contributed by atoms with Gasteiger partial charge in [-0.05, 0) is 22.9 Å². The normalized spacial score (nSPS) is 10.9. The zero-order chi connectivity index (χ0) is 16.8. The van der Waals surface area contributed by atoms with Gasteiger partial charge >= 0.3 is 0 Å². The van der Waals surface area contributed by atoms with Gasteiger partial charge in [0, 0.05) is 5.56 Å². The zero-order valence-corrected chi connectivity index (χ0v) is 13.6. The molecule has 0 unspecified atom stereocenters. The van der Waals surface area contributed by atoms with Gasteiger partial charge in [0.05, 0.1) is 23.5 Å². The molecule has 24 heavy (non-hydrogen) atoms. The van der Waals surface area contributed by atoms with Crippen molar-refractivity contribution in [1.29, 1.82) is 0 Å². The number of nitrogens with one attached hydrogen (secondary N) is 2. The SMILES string of the molecule is O=C(CNc1ccccc1Cl)N/N=C\c1cccc2ccccc12. The number of carbonyl (C=O) groups is 1. The number of rotatable bonds is 5. The van der Waals surface area contributed by atoms with Crippen molar-refractivity contribution >= 4 is 40.2 Å². The van der Waals surface area contributed by atoms with Gasteiger partial charge in [-0.2, -0.15) is 5.10 Å². The Morgan fingerprint density at radius 2 is 1.75 bits per heavy atom. The lowest BCUT2D eigenvalue weighted by Gasteiger charge is -2.06. The van der Waals surface area contributed by atoms with Gasteiger partial charge in [0.25, 0.3) is 5.91 Å². The van der Waals surface area contributed by atoms with Crippen molar-refractivity contribution < 1.29 is 4.79 Å². The number of carbonyl (C=O) groups excluding carboxylic acids is 1. The van der Waals surface area contributed by atoms with Gasteiger partial charge < -0.3 is 5.32 Å². The lowest BCUT2D eigenvalue weighted by Crippen LogP contribution is -2.25. The maximum Gasteiger partial charge on any atom is 0.259 e. The highest BCUT2D eigenvalue weighted by atomic mass is 35.5. The molecule has 0 radical (unpaired) electrons. The third-order valence-corrected chi connectivity index (χ3v) is 3.86. The van der Waals surface area contributed by atoms with E-state index in [0.717, 1.165) is 16.3 Å². The van der Waals surface area contributed by atoms with Crippen LogP contribution in [0.3, 0.4) is 0 Å². The summed E-state index contributed by atoms with van der Waals surface area (Å²) in [5.74, 6) is -0.244. The van der Waals surface area contributed by atoms with Crippen LogP contribution in [-0.4, -0.2) is 18.7 Å². The van der Waals surface area contributed by atoms with Crippen molar-refractivity contribution in [3.05, 3.63) is 77.3 Å². The Hall–Kier alpha value is -2.85. The summed E-state index contributed by atoms with van der Waals surface area (Å²) < 4.78 is 0. The molecule has 5 heteroatoms. The molecule has 0 aliphatic carbocycles. The van der Waals surface area contributed by atoms with Crippen LogP contribution in [0.5, 0.6) is 0 Å².